The number of hydrogen-bond acceptors (Lipinski definition) is 6. The lowest BCUT2D eigenvalue weighted by Gasteiger charge is -2.35. The Morgan fingerprint density at radius 1 is 1.03 bits per heavy atom. The summed E-state index contributed by atoms with van der Waals surface area (Å²) in [4.78, 5) is 25.3. The Kier molecular flexibility index (Phi) is 6.02. The summed E-state index contributed by atoms with van der Waals surface area (Å²) in [5.41, 5.74) is 1.61. The van der Waals surface area contributed by atoms with Gasteiger partial charge in [-0.15, -0.1) is 0 Å². The van der Waals surface area contributed by atoms with Crippen molar-refractivity contribution in [1.82, 2.24) is 9.97 Å². The molecule has 1 aliphatic heterocycles. The van der Waals surface area contributed by atoms with Gasteiger partial charge in [0, 0.05) is 5.69 Å². The SMILES string of the molecule is CCOc1cnc2c(n1)N(c1ccc(OC(F)F)cc1)C(=O)N(c1ccc(OC)cc1)C2. The molecule has 0 fully saturated rings. The monoisotopic (exact) mass is 442 g/mol. The number of halogens is 2. The minimum Gasteiger partial charge on any atom is -0.497 e. The van der Waals surface area contributed by atoms with Crippen LogP contribution in [0.3, 0.4) is 0 Å². The van der Waals surface area contributed by atoms with Crippen molar-refractivity contribution in [2.75, 3.05) is 23.5 Å². The molecule has 0 N–H and O–H groups in total. The summed E-state index contributed by atoms with van der Waals surface area (Å²) in [6, 6.07) is 12.4. The van der Waals surface area contributed by atoms with Gasteiger partial charge in [-0.3, -0.25) is 4.90 Å². The molecule has 10 heteroatoms. The first-order valence-corrected chi connectivity index (χ1v) is 9.79. The first kappa shape index (κ1) is 21.3. The van der Waals surface area contributed by atoms with Crippen LogP contribution < -0.4 is 24.0 Å². The average molecular weight is 442 g/mol. The third-order valence-corrected chi connectivity index (χ3v) is 4.74. The molecule has 166 valence electrons. The fourth-order valence-electron chi connectivity index (χ4n) is 3.30. The second-order valence-electron chi connectivity index (χ2n) is 6.69. The first-order valence-electron chi connectivity index (χ1n) is 9.79. The van der Waals surface area contributed by atoms with Crippen molar-refractivity contribution < 1.29 is 27.8 Å². The van der Waals surface area contributed by atoms with E-state index in [9.17, 15) is 13.6 Å². The molecule has 0 bridgehead atoms. The van der Waals surface area contributed by atoms with E-state index >= 15 is 0 Å². The topological polar surface area (TPSA) is 77.0 Å². The van der Waals surface area contributed by atoms with Crippen molar-refractivity contribution in [2.45, 2.75) is 20.1 Å². The fourth-order valence-corrected chi connectivity index (χ4v) is 3.30. The van der Waals surface area contributed by atoms with E-state index in [1.807, 2.05) is 6.92 Å². The van der Waals surface area contributed by atoms with Gasteiger partial charge in [0.2, 0.25) is 5.88 Å². The van der Waals surface area contributed by atoms with Crippen LogP contribution in [0.2, 0.25) is 0 Å². The number of alkyl halides is 2. The van der Waals surface area contributed by atoms with E-state index in [0.717, 1.165) is 0 Å². The number of benzene rings is 2. The Morgan fingerprint density at radius 2 is 1.69 bits per heavy atom. The molecule has 3 aromatic rings. The highest BCUT2D eigenvalue weighted by atomic mass is 19.3. The molecule has 0 saturated heterocycles. The Hall–Kier alpha value is -3.95. The number of ether oxygens (including phenoxy) is 3. The quantitative estimate of drug-likeness (QED) is 0.525. The molecule has 0 aliphatic carbocycles. The van der Waals surface area contributed by atoms with Gasteiger partial charge in [0.15, 0.2) is 5.82 Å². The van der Waals surface area contributed by atoms with Crippen molar-refractivity contribution in [3.05, 3.63) is 60.4 Å². The summed E-state index contributed by atoms with van der Waals surface area (Å²) in [7, 11) is 1.56. The molecule has 0 unspecified atom stereocenters. The van der Waals surface area contributed by atoms with Crippen LogP contribution in [0.5, 0.6) is 17.4 Å². The lowest BCUT2D eigenvalue weighted by Crippen LogP contribution is -2.45. The Morgan fingerprint density at radius 3 is 2.31 bits per heavy atom. The molecule has 8 nitrogen and oxygen atoms in total. The zero-order valence-electron chi connectivity index (χ0n) is 17.4. The van der Waals surface area contributed by atoms with Crippen LogP contribution in [-0.4, -0.2) is 36.3 Å². The first-order chi connectivity index (χ1) is 15.5. The molecule has 0 spiro atoms. The molecule has 2 aromatic carbocycles. The summed E-state index contributed by atoms with van der Waals surface area (Å²) in [6.45, 7) is -0.539. The predicted octanol–water partition coefficient (Wildman–Crippen LogP) is 4.76. The number of amides is 2. The van der Waals surface area contributed by atoms with Gasteiger partial charge in [-0.1, -0.05) is 0 Å². The predicted molar refractivity (Wildman–Crippen MR) is 113 cm³/mol. The van der Waals surface area contributed by atoms with Crippen LogP contribution >= 0.6 is 0 Å². The van der Waals surface area contributed by atoms with Crippen LogP contribution in [0, 0.1) is 0 Å². The fraction of sp³-hybridized carbons (Fsp3) is 0.227. The molecule has 1 aromatic heterocycles. The van der Waals surface area contributed by atoms with E-state index in [-0.39, 0.29) is 24.2 Å². The van der Waals surface area contributed by atoms with Gasteiger partial charge >= 0.3 is 12.6 Å². The van der Waals surface area contributed by atoms with Crippen molar-refractivity contribution in [2.24, 2.45) is 0 Å². The van der Waals surface area contributed by atoms with E-state index in [2.05, 4.69) is 14.7 Å². The zero-order chi connectivity index (χ0) is 22.7. The third kappa shape index (κ3) is 4.25. The minimum absolute atomic E-state index is 0.0189. The van der Waals surface area contributed by atoms with Gasteiger partial charge in [-0.25, -0.2) is 14.7 Å². The Bertz CT molecular complexity index is 1090. The van der Waals surface area contributed by atoms with Crippen LogP contribution in [0.15, 0.2) is 54.7 Å². The summed E-state index contributed by atoms with van der Waals surface area (Å²) in [6.07, 6.45) is 1.50. The van der Waals surface area contributed by atoms with Crippen LogP contribution in [-0.2, 0) is 6.54 Å². The van der Waals surface area contributed by atoms with Crippen LogP contribution in [0.4, 0.5) is 30.8 Å². The average Bonchev–Trinajstić information content (AvgIpc) is 2.79. The number of nitrogens with zero attached hydrogens (tertiary/aromatic N) is 4. The van der Waals surface area contributed by atoms with Crippen LogP contribution in [0.1, 0.15) is 12.6 Å². The number of carbonyl (C=O) groups excluding carboxylic acids is 1. The highest BCUT2D eigenvalue weighted by molar-refractivity contribution is 6.10. The lowest BCUT2D eigenvalue weighted by molar-refractivity contribution is -0.0498. The number of urea groups is 1. The molecule has 0 saturated carbocycles. The summed E-state index contributed by atoms with van der Waals surface area (Å²) >= 11 is 0. The van der Waals surface area contributed by atoms with Crippen molar-refractivity contribution in [3.8, 4) is 17.4 Å². The molecule has 2 heterocycles. The molecule has 32 heavy (non-hydrogen) atoms. The van der Waals surface area contributed by atoms with Gasteiger partial charge in [0.25, 0.3) is 0 Å². The molecular formula is C22H20F2N4O4. The van der Waals surface area contributed by atoms with Crippen molar-refractivity contribution in [3.63, 3.8) is 0 Å². The molecule has 4 rings (SSSR count). The minimum atomic E-state index is -2.94. The largest absolute Gasteiger partial charge is 0.497 e. The van der Waals surface area contributed by atoms with E-state index in [1.54, 1.807) is 36.3 Å². The van der Waals surface area contributed by atoms with Gasteiger partial charge < -0.3 is 14.2 Å². The van der Waals surface area contributed by atoms with Crippen molar-refractivity contribution >= 4 is 23.2 Å². The van der Waals surface area contributed by atoms with Crippen LogP contribution in [0.25, 0.3) is 0 Å². The van der Waals surface area contributed by atoms with Gasteiger partial charge in [-0.2, -0.15) is 13.8 Å². The number of methoxy groups -OCH3 is 1. The lowest BCUT2D eigenvalue weighted by atomic mass is 10.2. The maximum Gasteiger partial charge on any atom is 0.387 e. The molecule has 2 amide bonds. The Labute approximate surface area is 183 Å². The third-order valence-electron chi connectivity index (χ3n) is 4.74. The number of anilines is 3. The number of aromatic nitrogens is 2. The number of hydrogen-bond donors (Lipinski definition) is 0. The number of rotatable bonds is 7. The van der Waals surface area contributed by atoms with Gasteiger partial charge in [0.1, 0.15) is 17.2 Å². The number of fused-ring (bicyclic) bond motifs is 1. The molecule has 0 atom stereocenters. The molecule has 0 radical (unpaired) electrons. The van der Waals surface area contributed by atoms with E-state index in [1.165, 1.54) is 35.4 Å². The molecule has 1 aliphatic rings. The van der Waals surface area contributed by atoms with Crippen molar-refractivity contribution in [1.29, 1.82) is 0 Å². The van der Waals surface area contributed by atoms with E-state index < -0.39 is 6.61 Å². The maximum absolute atomic E-state index is 13.5. The van der Waals surface area contributed by atoms with E-state index in [0.29, 0.717) is 35.2 Å². The zero-order valence-corrected chi connectivity index (χ0v) is 17.4. The molecular weight excluding hydrogens is 422 g/mol. The summed E-state index contributed by atoms with van der Waals surface area (Å²) in [5.74, 6) is 1.23. The Balaban J connectivity index is 1.76. The normalized spacial score (nSPS) is 13.2. The second kappa shape index (κ2) is 9.04. The summed E-state index contributed by atoms with van der Waals surface area (Å²) < 4.78 is 40.1. The van der Waals surface area contributed by atoms with E-state index in [4.69, 9.17) is 9.47 Å². The highest BCUT2D eigenvalue weighted by Gasteiger charge is 2.35. The standard InChI is InChI=1S/C22H20F2N4O4/c1-3-31-19-12-25-18-13-27(14-4-8-16(30-2)9-5-14)22(29)28(20(18)26-19)15-6-10-17(11-7-15)32-21(23)24/h4-12,21H,3,13H2,1-2H3. The smallest absolute Gasteiger partial charge is 0.387 e. The summed E-state index contributed by atoms with van der Waals surface area (Å²) in [5, 5.41) is 0. The second-order valence-corrected chi connectivity index (χ2v) is 6.69. The van der Waals surface area contributed by atoms with Gasteiger partial charge in [0.05, 0.1) is 32.1 Å². The number of carbonyl (C=O) groups is 1. The highest BCUT2D eigenvalue weighted by Crippen LogP contribution is 2.36. The van der Waals surface area contributed by atoms with Gasteiger partial charge in [-0.05, 0) is 55.5 Å². The maximum atomic E-state index is 13.5.